The molecule has 0 saturated heterocycles. The van der Waals surface area contributed by atoms with Crippen molar-refractivity contribution in [3.63, 3.8) is 0 Å². The maximum atomic E-state index is 12.4. The fourth-order valence-corrected chi connectivity index (χ4v) is 4.04. The summed E-state index contributed by atoms with van der Waals surface area (Å²) < 4.78 is 25.1. The monoisotopic (exact) mass is 349 g/mol. The summed E-state index contributed by atoms with van der Waals surface area (Å²) in [5.41, 5.74) is 2.57. The van der Waals surface area contributed by atoms with Gasteiger partial charge in [-0.05, 0) is 49.9 Å². The minimum atomic E-state index is -2.98. The summed E-state index contributed by atoms with van der Waals surface area (Å²) in [6.45, 7) is 5.07. The van der Waals surface area contributed by atoms with Crippen LogP contribution in [0.5, 0.6) is 0 Å². The van der Waals surface area contributed by atoms with E-state index in [9.17, 15) is 4.57 Å². The highest BCUT2D eigenvalue weighted by Gasteiger charge is 2.25. The summed E-state index contributed by atoms with van der Waals surface area (Å²) in [6.07, 6.45) is 10.0. The molecule has 0 radical (unpaired) electrons. The van der Waals surface area contributed by atoms with E-state index in [0.29, 0.717) is 25.9 Å². The van der Waals surface area contributed by atoms with Gasteiger partial charge in [-0.3, -0.25) is 9.55 Å². The van der Waals surface area contributed by atoms with Crippen LogP contribution in [0.3, 0.4) is 0 Å². The molecule has 130 valence electrons. The Morgan fingerprint density at radius 2 is 1.50 bits per heavy atom. The first-order valence-electron chi connectivity index (χ1n) is 8.40. The number of aryl methyl sites for hydroxylation is 3. The first-order valence-corrected chi connectivity index (χ1v) is 10.1. The molecule has 2 heterocycles. The number of aromatic nitrogens is 2. The maximum absolute atomic E-state index is 12.4. The Labute approximate surface area is 144 Å². The molecule has 0 unspecified atom stereocenters. The van der Waals surface area contributed by atoms with E-state index in [1.165, 1.54) is 11.1 Å². The van der Waals surface area contributed by atoms with Crippen molar-refractivity contribution >= 4 is 7.60 Å². The standard InChI is InChI=1S/C18H26N2O3P/c1-3-22-24(21,23-4-2)16-15-20-13-9-18(10-14-20)6-5-17-7-11-19-12-8-17/h7-14H,3-6,15-16H2,1-2H3/q+1. The van der Waals surface area contributed by atoms with Gasteiger partial charge in [-0.15, -0.1) is 0 Å². The van der Waals surface area contributed by atoms with Crippen molar-refractivity contribution < 1.29 is 18.2 Å². The van der Waals surface area contributed by atoms with E-state index in [1.54, 1.807) is 0 Å². The number of rotatable bonds is 10. The molecule has 0 bridgehead atoms. The van der Waals surface area contributed by atoms with E-state index in [4.69, 9.17) is 9.05 Å². The molecule has 2 aromatic heterocycles. The average molecular weight is 349 g/mol. The number of hydrogen-bond donors (Lipinski definition) is 0. The Morgan fingerprint density at radius 3 is 2.04 bits per heavy atom. The third kappa shape index (κ3) is 6.16. The molecule has 6 heteroatoms. The topological polar surface area (TPSA) is 52.3 Å². The summed E-state index contributed by atoms with van der Waals surface area (Å²) in [7, 11) is -2.98. The minimum Gasteiger partial charge on any atom is -0.309 e. The second kappa shape index (κ2) is 9.67. The first-order chi connectivity index (χ1) is 11.6. The van der Waals surface area contributed by atoms with E-state index in [1.807, 2.05) is 55.3 Å². The molecule has 0 aliphatic heterocycles. The highest BCUT2D eigenvalue weighted by molar-refractivity contribution is 7.53. The lowest BCUT2D eigenvalue weighted by Crippen LogP contribution is -2.34. The normalized spacial score (nSPS) is 11.6. The van der Waals surface area contributed by atoms with Crippen LogP contribution in [0, 0.1) is 0 Å². The number of nitrogens with zero attached hydrogens (tertiary/aromatic N) is 2. The molecule has 0 aromatic carbocycles. The van der Waals surface area contributed by atoms with Crippen LogP contribution in [-0.2, 0) is 33.0 Å². The fraction of sp³-hybridized carbons (Fsp3) is 0.444. The van der Waals surface area contributed by atoms with Crippen LogP contribution >= 0.6 is 7.60 Å². The van der Waals surface area contributed by atoms with Gasteiger partial charge in [-0.25, -0.2) is 4.57 Å². The molecule has 0 saturated carbocycles. The van der Waals surface area contributed by atoms with Crippen LogP contribution in [0.25, 0.3) is 0 Å². The van der Waals surface area contributed by atoms with Gasteiger partial charge in [-0.1, -0.05) is 0 Å². The van der Waals surface area contributed by atoms with Gasteiger partial charge >= 0.3 is 7.60 Å². The lowest BCUT2D eigenvalue weighted by atomic mass is 10.1. The second-order valence-corrected chi connectivity index (χ2v) is 7.66. The SMILES string of the molecule is CCOP(=O)(CC[n+]1ccc(CCc2ccncc2)cc1)OCC. The smallest absolute Gasteiger partial charge is 0.309 e. The van der Waals surface area contributed by atoms with Crippen molar-refractivity contribution in [1.82, 2.24) is 4.98 Å². The molecule has 0 aliphatic carbocycles. The Morgan fingerprint density at radius 1 is 0.958 bits per heavy atom. The molecule has 0 aliphatic rings. The molecular formula is C18H26N2O3P+. The van der Waals surface area contributed by atoms with Crippen molar-refractivity contribution in [1.29, 1.82) is 0 Å². The predicted octanol–water partition coefficient (Wildman–Crippen LogP) is 3.42. The quantitative estimate of drug-likeness (QED) is 0.487. The van der Waals surface area contributed by atoms with Crippen molar-refractivity contribution in [2.75, 3.05) is 19.4 Å². The van der Waals surface area contributed by atoms with E-state index in [-0.39, 0.29) is 0 Å². The molecule has 0 N–H and O–H groups in total. The first kappa shape index (κ1) is 18.8. The lowest BCUT2D eigenvalue weighted by Gasteiger charge is -2.15. The van der Waals surface area contributed by atoms with Gasteiger partial charge in [0.15, 0.2) is 18.9 Å². The summed E-state index contributed by atoms with van der Waals surface area (Å²) in [5.74, 6) is 0. The van der Waals surface area contributed by atoms with Crippen molar-refractivity contribution in [3.8, 4) is 0 Å². The third-order valence-corrected chi connectivity index (χ3v) is 5.75. The van der Waals surface area contributed by atoms with Crippen LogP contribution in [0.15, 0.2) is 49.1 Å². The highest BCUT2D eigenvalue weighted by atomic mass is 31.2. The Bertz CT molecular complexity index is 637. The van der Waals surface area contributed by atoms with E-state index < -0.39 is 7.60 Å². The van der Waals surface area contributed by atoms with Crippen LogP contribution in [0.2, 0.25) is 0 Å². The van der Waals surface area contributed by atoms with Gasteiger partial charge in [0.1, 0.15) is 6.16 Å². The average Bonchev–Trinajstić information content (AvgIpc) is 2.60. The van der Waals surface area contributed by atoms with E-state index in [2.05, 4.69) is 17.1 Å². The Balaban J connectivity index is 1.86. The lowest BCUT2D eigenvalue weighted by molar-refractivity contribution is -0.692. The zero-order chi connectivity index (χ0) is 17.3. The van der Waals surface area contributed by atoms with Crippen LogP contribution < -0.4 is 4.57 Å². The Hall–Kier alpha value is -1.55. The maximum Gasteiger partial charge on any atom is 0.337 e. The molecule has 2 rings (SSSR count). The largest absolute Gasteiger partial charge is 0.337 e. The van der Waals surface area contributed by atoms with Crippen molar-refractivity contribution in [3.05, 3.63) is 60.2 Å². The van der Waals surface area contributed by atoms with Crippen LogP contribution in [0.4, 0.5) is 0 Å². The minimum absolute atomic E-state index is 0.385. The van der Waals surface area contributed by atoms with Crippen molar-refractivity contribution in [2.24, 2.45) is 0 Å². The van der Waals surface area contributed by atoms with Gasteiger partial charge in [0, 0.05) is 24.5 Å². The molecule has 0 spiro atoms. The summed E-state index contributed by atoms with van der Waals surface area (Å²) >= 11 is 0. The number of pyridine rings is 2. The van der Waals surface area contributed by atoms with Gasteiger partial charge in [-0.2, -0.15) is 0 Å². The fourth-order valence-electron chi connectivity index (χ4n) is 2.44. The highest BCUT2D eigenvalue weighted by Crippen LogP contribution is 2.47. The molecule has 0 fully saturated rings. The summed E-state index contributed by atoms with van der Waals surface area (Å²) in [6, 6.07) is 8.30. The molecule has 0 atom stereocenters. The molecule has 24 heavy (non-hydrogen) atoms. The molecular weight excluding hydrogens is 323 g/mol. The molecule has 2 aromatic rings. The summed E-state index contributed by atoms with van der Waals surface area (Å²) in [4.78, 5) is 4.03. The van der Waals surface area contributed by atoms with E-state index >= 15 is 0 Å². The zero-order valence-electron chi connectivity index (χ0n) is 14.4. The van der Waals surface area contributed by atoms with Gasteiger partial charge in [0.2, 0.25) is 0 Å². The van der Waals surface area contributed by atoms with Gasteiger partial charge in [0.05, 0.1) is 13.2 Å². The van der Waals surface area contributed by atoms with Gasteiger partial charge < -0.3 is 9.05 Å². The number of hydrogen-bond acceptors (Lipinski definition) is 4. The van der Waals surface area contributed by atoms with E-state index in [0.717, 1.165) is 12.8 Å². The van der Waals surface area contributed by atoms with Crippen LogP contribution in [0.1, 0.15) is 25.0 Å². The Kier molecular flexibility index (Phi) is 7.57. The summed E-state index contributed by atoms with van der Waals surface area (Å²) in [5, 5.41) is 0. The molecule has 5 nitrogen and oxygen atoms in total. The molecule has 0 amide bonds. The van der Waals surface area contributed by atoms with Gasteiger partial charge in [0.25, 0.3) is 0 Å². The second-order valence-electron chi connectivity index (χ2n) is 5.47. The third-order valence-electron chi connectivity index (χ3n) is 3.70. The van der Waals surface area contributed by atoms with Crippen molar-refractivity contribution in [2.45, 2.75) is 33.2 Å². The zero-order valence-corrected chi connectivity index (χ0v) is 15.3. The predicted molar refractivity (Wildman–Crippen MR) is 94.0 cm³/mol. The van der Waals surface area contributed by atoms with Crippen LogP contribution in [-0.4, -0.2) is 24.4 Å².